The van der Waals surface area contributed by atoms with Gasteiger partial charge in [0.2, 0.25) is 0 Å². The first-order chi connectivity index (χ1) is 10.9. The van der Waals surface area contributed by atoms with Crippen molar-refractivity contribution in [1.82, 2.24) is 10.9 Å². The molecule has 0 radical (unpaired) electrons. The van der Waals surface area contributed by atoms with Gasteiger partial charge in [0.1, 0.15) is 12.4 Å². The summed E-state index contributed by atoms with van der Waals surface area (Å²) in [6.07, 6.45) is -1.59. The van der Waals surface area contributed by atoms with Crippen LogP contribution < -0.4 is 15.8 Å². The minimum atomic E-state index is -4.44. The minimum Gasteiger partial charge on any atom is -0.371 e. The van der Waals surface area contributed by atoms with Crippen LogP contribution in [0.25, 0.3) is 0 Å². The van der Waals surface area contributed by atoms with Crippen molar-refractivity contribution < 1.29 is 18.0 Å². The van der Waals surface area contributed by atoms with E-state index in [1.165, 1.54) is 6.07 Å². The fourth-order valence-corrected chi connectivity index (χ4v) is 2.84. The lowest BCUT2D eigenvalue weighted by Crippen LogP contribution is -2.47. The summed E-state index contributed by atoms with van der Waals surface area (Å²) in [5.41, 5.74) is 4.73. The number of anilines is 1. The van der Waals surface area contributed by atoms with Gasteiger partial charge in [-0.3, -0.25) is 20.6 Å². The van der Waals surface area contributed by atoms with Crippen molar-refractivity contribution in [3.8, 4) is 0 Å². The Kier molecular flexibility index (Phi) is 4.14. The van der Waals surface area contributed by atoms with Crippen molar-refractivity contribution in [1.29, 1.82) is 0 Å². The molecule has 0 aliphatic carbocycles. The van der Waals surface area contributed by atoms with Crippen molar-refractivity contribution in [2.75, 3.05) is 24.5 Å². The van der Waals surface area contributed by atoms with Crippen molar-refractivity contribution >= 4 is 17.4 Å². The zero-order chi connectivity index (χ0) is 16.4. The molecule has 2 N–H and O–H groups in total. The van der Waals surface area contributed by atoms with E-state index < -0.39 is 11.7 Å². The van der Waals surface area contributed by atoms with Gasteiger partial charge >= 0.3 is 6.18 Å². The molecule has 2 heterocycles. The number of hydrazine groups is 1. The molecule has 0 aromatic heterocycles. The number of nitrogens with zero attached hydrogens (tertiary/aromatic N) is 2. The van der Waals surface area contributed by atoms with Gasteiger partial charge in [0.15, 0.2) is 0 Å². The summed E-state index contributed by atoms with van der Waals surface area (Å²) in [6.45, 7) is 1.17. The summed E-state index contributed by atoms with van der Waals surface area (Å²) < 4.78 is 40.4. The van der Waals surface area contributed by atoms with Crippen molar-refractivity contribution in [3.63, 3.8) is 0 Å². The number of amidine groups is 1. The fraction of sp³-hybridized carbons (Fsp3) is 0.467. The van der Waals surface area contributed by atoms with Crippen molar-refractivity contribution in [2.24, 2.45) is 4.99 Å². The monoisotopic (exact) mass is 326 g/mol. The third kappa shape index (κ3) is 3.40. The Balaban J connectivity index is 1.97. The van der Waals surface area contributed by atoms with Crippen LogP contribution >= 0.6 is 0 Å². The number of alkyl halides is 3. The quantitative estimate of drug-likeness (QED) is 0.875. The smallest absolute Gasteiger partial charge is 0.371 e. The van der Waals surface area contributed by atoms with Crippen LogP contribution in [0.4, 0.5) is 18.9 Å². The largest absolute Gasteiger partial charge is 0.418 e. The molecule has 23 heavy (non-hydrogen) atoms. The summed E-state index contributed by atoms with van der Waals surface area (Å²) in [5.74, 6) is -0.0879. The highest BCUT2D eigenvalue weighted by Gasteiger charge is 2.36. The molecular weight excluding hydrogens is 309 g/mol. The van der Waals surface area contributed by atoms with E-state index in [1.54, 1.807) is 11.0 Å². The van der Waals surface area contributed by atoms with Crippen LogP contribution in [0.5, 0.6) is 0 Å². The lowest BCUT2D eigenvalue weighted by atomic mass is 10.0. The normalized spacial score (nSPS) is 19.0. The molecule has 0 atom stereocenters. The number of hydrogen-bond acceptors (Lipinski definition) is 4. The SMILES string of the molecule is O=C1CN=C(c2ccc(N3CCCCC3)c(C(F)(F)F)c2)NN1. The summed E-state index contributed by atoms with van der Waals surface area (Å²) in [5, 5.41) is 0. The molecule has 2 aliphatic rings. The number of hydrogen-bond donors (Lipinski definition) is 2. The summed E-state index contributed by atoms with van der Waals surface area (Å²) >= 11 is 0. The van der Waals surface area contributed by atoms with Gasteiger partial charge in [-0.15, -0.1) is 0 Å². The first-order valence-corrected chi connectivity index (χ1v) is 7.51. The molecule has 1 saturated heterocycles. The molecule has 2 aliphatic heterocycles. The summed E-state index contributed by atoms with van der Waals surface area (Å²) in [7, 11) is 0. The predicted octanol–water partition coefficient (Wildman–Crippen LogP) is 2.08. The van der Waals surface area contributed by atoms with Gasteiger partial charge in [0.05, 0.1) is 5.56 Å². The number of carbonyl (C=O) groups is 1. The van der Waals surface area contributed by atoms with Crippen molar-refractivity contribution in [2.45, 2.75) is 25.4 Å². The fourth-order valence-electron chi connectivity index (χ4n) is 2.84. The first-order valence-electron chi connectivity index (χ1n) is 7.51. The van der Waals surface area contributed by atoms with Crippen LogP contribution in [0, 0.1) is 0 Å². The molecule has 124 valence electrons. The van der Waals surface area contributed by atoms with Gasteiger partial charge in [-0.05, 0) is 37.5 Å². The Labute approximate surface area is 131 Å². The highest BCUT2D eigenvalue weighted by molar-refractivity contribution is 6.03. The molecule has 1 amide bonds. The lowest BCUT2D eigenvalue weighted by molar-refractivity contribution is -0.137. The van der Waals surface area contributed by atoms with Gasteiger partial charge in [-0.1, -0.05) is 0 Å². The molecule has 8 heteroatoms. The second-order valence-electron chi connectivity index (χ2n) is 5.62. The molecule has 5 nitrogen and oxygen atoms in total. The maximum atomic E-state index is 13.5. The van der Waals surface area contributed by atoms with Gasteiger partial charge < -0.3 is 4.90 Å². The van der Waals surface area contributed by atoms with E-state index in [0.29, 0.717) is 18.7 Å². The molecule has 1 fully saturated rings. The Morgan fingerprint density at radius 2 is 1.83 bits per heavy atom. The minimum absolute atomic E-state index is 0.0996. The van der Waals surface area contributed by atoms with Crippen LogP contribution in [0.1, 0.15) is 30.4 Å². The third-order valence-electron chi connectivity index (χ3n) is 3.97. The molecular formula is C15H17F3N4O. The number of halogens is 3. The molecule has 0 unspecified atom stereocenters. The van der Waals surface area contributed by atoms with Gasteiger partial charge in [0.25, 0.3) is 5.91 Å². The average molecular weight is 326 g/mol. The summed E-state index contributed by atoms with van der Waals surface area (Å²) in [4.78, 5) is 16.8. The van der Waals surface area contributed by atoms with Crippen LogP contribution in [0.2, 0.25) is 0 Å². The standard InChI is InChI=1S/C15H17F3N4O/c16-15(17,18)11-8-10(14-19-9-13(23)20-21-14)4-5-12(11)22-6-2-1-3-7-22/h4-5,8H,1-3,6-7,9H2,(H,19,21)(H,20,23). The van der Waals surface area contributed by atoms with E-state index in [9.17, 15) is 18.0 Å². The zero-order valence-electron chi connectivity index (χ0n) is 12.4. The second-order valence-corrected chi connectivity index (χ2v) is 5.62. The van der Waals surface area contributed by atoms with Gasteiger partial charge in [-0.25, -0.2) is 0 Å². The van der Waals surface area contributed by atoms with E-state index in [4.69, 9.17) is 0 Å². The van der Waals surface area contributed by atoms with Crippen LogP contribution in [-0.2, 0) is 11.0 Å². The second kappa shape index (κ2) is 6.10. The Morgan fingerprint density at radius 3 is 2.43 bits per heavy atom. The first kappa shape index (κ1) is 15.6. The maximum absolute atomic E-state index is 13.5. The lowest BCUT2D eigenvalue weighted by Gasteiger charge is -2.31. The van der Waals surface area contributed by atoms with E-state index >= 15 is 0 Å². The van der Waals surface area contributed by atoms with E-state index in [2.05, 4.69) is 15.8 Å². The highest BCUT2D eigenvalue weighted by Crippen LogP contribution is 2.38. The molecule has 3 rings (SSSR count). The van der Waals surface area contributed by atoms with Crippen LogP contribution in [-0.4, -0.2) is 31.4 Å². The number of benzene rings is 1. The topological polar surface area (TPSA) is 56.7 Å². The number of rotatable bonds is 2. The Hall–Kier alpha value is -2.25. The molecule has 1 aromatic rings. The number of amides is 1. The van der Waals surface area contributed by atoms with E-state index in [0.717, 1.165) is 25.3 Å². The van der Waals surface area contributed by atoms with Gasteiger partial charge in [-0.2, -0.15) is 13.2 Å². The average Bonchev–Trinajstić information content (AvgIpc) is 2.55. The van der Waals surface area contributed by atoms with Crippen LogP contribution in [0.3, 0.4) is 0 Å². The van der Waals surface area contributed by atoms with Gasteiger partial charge in [0, 0.05) is 24.3 Å². The predicted molar refractivity (Wildman–Crippen MR) is 80.2 cm³/mol. The van der Waals surface area contributed by atoms with E-state index in [-0.39, 0.29) is 24.0 Å². The molecule has 1 aromatic carbocycles. The molecule has 0 saturated carbocycles. The number of carbonyl (C=O) groups excluding carboxylic acids is 1. The van der Waals surface area contributed by atoms with Crippen LogP contribution in [0.15, 0.2) is 23.2 Å². The van der Waals surface area contributed by atoms with Crippen molar-refractivity contribution in [3.05, 3.63) is 29.3 Å². The highest BCUT2D eigenvalue weighted by atomic mass is 19.4. The maximum Gasteiger partial charge on any atom is 0.418 e. The summed E-state index contributed by atoms with van der Waals surface area (Å²) in [6, 6.07) is 4.18. The molecule has 0 spiro atoms. The number of piperidine rings is 1. The number of aliphatic imine (C=N–C) groups is 1. The number of nitrogens with one attached hydrogen (secondary N) is 2. The Morgan fingerprint density at radius 1 is 1.09 bits per heavy atom. The third-order valence-corrected chi connectivity index (χ3v) is 3.97. The zero-order valence-corrected chi connectivity index (χ0v) is 12.4. The van der Waals surface area contributed by atoms with E-state index in [1.807, 2.05) is 0 Å². The molecule has 0 bridgehead atoms. The Bertz CT molecular complexity index is 636.